The largest absolute Gasteiger partial charge is 2.00 e. The van der Waals surface area contributed by atoms with E-state index >= 15 is 0 Å². The van der Waals surface area contributed by atoms with Gasteiger partial charge in [-0.3, -0.25) is 0 Å². The van der Waals surface area contributed by atoms with Crippen LogP contribution in [-0.4, -0.2) is 63.3 Å². The van der Waals surface area contributed by atoms with Crippen LogP contribution >= 0.6 is 15.8 Å². The summed E-state index contributed by atoms with van der Waals surface area (Å²) >= 11 is 0. The predicted molar refractivity (Wildman–Crippen MR) is 258 cm³/mol. The first-order chi connectivity index (χ1) is 28.7. The van der Waals surface area contributed by atoms with E-state index in [1.54, 1.807) is 24.8 Å². The van der Waals surface area contributed by atoms with Crippen molar-refractivity contribution in [2.45, 2.75) is 183 Å². The third kappa shape index (κ3) is 12.0. The smallest absolute Gasteiger partial charge is 0.496 e. The van der Waals surface area contributed by atoms with Crippen molar-refractivity contribution in [1.82, 2.24) is 0 Å². The van der Waals surface area contributed by atoms with Gasteiger partial charge < -0.3 is 26.4 Å². The van der Waals surface area contributed by atoms with E-state index in [9.17, 15) is 0 Å². The van der Waals surface area contributed by atoms with Gasteiger partial charge in [-0.15, -0.1) is 17.5 Å². The van der Waals surface area contributed by atoms with Crippen LogP contribution in [0.1, 0.15) is 153 Å². The Kier molecular flexibility index (Phi) is 21.3. The van der Waals surface area contributed by atoms with Crippen LogP contribution in [0.2, 0.25) is 0 Å². The molecule has 3 aromatic rings. The van der Waals surface area contributed by atoms with Gasteiger partial charge >= 0.3 is 20.4 Å². The van der Waals surface area contributed by atoms with E-state index in [4.69, 9.17) is 18.9 Å². The first-order valence-electron chi connectivity index (χ1n) is 23.6. The van der Waals surface area contributed by atoms with Crippen molar-refractivity contribution >= 4 is 26.5 Å². The molecule has 0 spiro atoms. The van der Waals surface area contributed by atoms with Crippen LogP contribution in [0.25, 0.3) is 11.1 Å². The summed E-state index contributed by atoms with van der Waals surface area (Å²) < 4.78 is 23.6. The Balaban J connectivity index is 0.000000220. The summed E-state index contributed by atoms with van der Waals surface area (Å²) in [6, 6.07) is 24.8. The van der Waals surface area contributed by atoms with Gasteiger partial charge in [-0.05, 0) is 144 Å². The molecule has 3 aromatic carbocycles. The van der Waals surface area contributed by atoms with Crippen molar-refractivity contribution in [3.63, 3.8) is 0 Å². The maximum Gasteiger partial charge on any atom is 2.00 e. The molecule has 4 nitrogen and oxygen atoms in total. The zero-order valence-electron chi connectivity index (χ0n) is 38.0. The van der Waals surface area contributed by atoms with Crippen LogP contribution < -0.4 is 20.1 Å². The number of methoxy groups -OCH3 is 4. The van der Waals surface area contributed by atoms with Crippen LogP contribution in [0.3, 0.4) is 0 Å². The summed E-state index contributed by atoms with van der Waals surface area (Å²) in [5.41, 5.74) is 7.66. The molecular formula is C53H79O4P2Pd+. The van der Waals surface area contributed by atoms with E-state index in [0.717, 1.165) is 52.5 Å². The molecule has 0 amide bonds. The minimum atomic E-state index is -0.596. The predicted octanol–water partition coefficient (Wildman–Crippen LogP) is 13.9. The Morgan fingerprint density at radius 2 is 0.950 bits per heavy atom. The SMILES string of the molecule is COC1CCCC(OC)[C-]1c1ccccc1[PH+](C1CCCCC1)C1CCCCC1.COc1cccc(OC)c1-c1ccccc1P(C1CCCCC1)C1CCCCC1.[CH3-].[Pd+2]. The molecule has 0 N–H and O–H groups in total. The topological polar surface area (TPSA) is 36.9 Å². The molecule has 8 rings (SSSR count). The number of ether oxygens (including phenoxy) is 4. The van der Waals surface area contributed by atoms with Gasteiger partial charge in [-0.1, -0.05) is 102 Å². The molecule has 2 unspecified atom stereocenters. The van der Waals surface area contributed by atoms with E-state index in [1.165, 1.54) is 152 Å². The Bertz CT molecular complexity index is 1590. The second-order valence-electron chi connectivity index (χ2n) is 18.1. The molecule has 334 valence electrons. The van der Waals surface area contributed by atoms with Gasteiger partial charge in [0.1, 0.15) is 11.5 Å². The third-order valence-electron chi connectivity index (χ3n) is 14.7. The van der Waals surface area contributed by atoms with Gasteiger partial charge in [0.15, 0.2) is 0 Å². The Labute approximate surface area is 383 Å². The molecular weight excluding hydrogens is 869 g/mol. The zero-order chi connectivity index (χ0) is 40.1. The summed E-state index contributed by atoms with van der Waals surface area (Å²) in [6.45, 7) is 0. The van der Waals surface area contributed by atoms with Gasteiger partial charge in [0.05, 0.1) is 31.1 Å². The molecule has 60 heavy (non-hydrogen) atoms. The normalized spacial score (nSPS) is 22.3. The monoisotopic (exact) mass is 947 g/mol. The van der Waals surface area contributed by atoms with Crippen LogP contribution in [0.4, 0.5) is 0 Å². The van der Waals surface area contributed by atoms with Crippen LogP contribution in [-0.2, 0) is 29.9 Å². The molecule has 5 aliphatic rings. The number of hydrogen-bond donors (Lipinski definition) is 0. The Hall–Kier alpha value is -1.43. The average Bonchev–Trinajstić information content (AvgIpc) is 3.30. The number of hydrogen-bond acceptors (Lipinski definition) is 4. The summed E-state index contributed by atoms with van der Waals surface area (Å²) in [7, 11) is 6.54. The Morgan fingerprint density at radius 1 is 0.500 bits per heavy atom. The fourth-order valence-electron chi connectivity index (χ4n) is 11.9. The van der Waals surface area contributed by atoms with Crippen molar-refractivity contribution in [3.05, 3.63) is 85.6 Å². The van der Waals surface area contributed by atoms with Crippen molar-refractivity contribution in [1.29, 1.82) is 0 Å². The van der Waals surface area contributed by atoms with Gasteiger partial charge in [0.25, 0.3) is 0 Å². The minimum absolute atomic E-state index is 0. The second kappa shape index (κ2) is 25.8. The summed E-state index contributed by atoms with van der Waals surface area (Å²) in [4.78, 5) is 0. The van der Waals surface area contributed by atoms with E-state index in [0.29, 0.717) is 0 Å². The molecule has 5 fully saturated rings. The minimum Gasteiger partial charge on any atom is -0.496 e. The van der Waals surface area contributed by atoms with Gasteiger partial charge in [0, 0.05) is 26.4 Å². The fraction of sp³-hybridized carbons (Fsp3) is 0.623. The van der Waals surface area contributed by atoms with Gasteiger partial charge in [0.2, 0.25) is 0 Å². The van der Waals surface area contributed by atoms with Crippen molar-refractivity contribution in [3.8, 4) is 22.6 Å². The number of benzene rings is 3. The van der Waals surface area contributed by atoms with Crippen molar-refractivity contribution in [2.75, 3.05) is 28.4 Å². The first kappa shape index (κ1) is 49.6. The van der Waals surface area contributed by atoms with Crippen LogP contribution in [0.5, 0.6) is 11.5 Å². The molecule has 0 aromatic heterocycles. The maximum absolute atomic E-state index is 6.01. The van der Waals surface area contributed by atoms with E-state index < -0.39 is 7.92 Å². The fourth-order valence-corrected chi connectivity index (χ4v) is 20.3. The molecule has 0 radical (unpaired) electrons. The van der Waals surface area contributed by atoms with E-state index in [2.05, 4.69) is 60.7 Å². The average molecular weight is 949 g/mol. The summed E-state index contributed by atoms with van der Waals surface area (Å²) in [5, 5.41) is 3.31. The number of rotatable bonds is 12. The third-order valence-corrected chi connectivity index (χ3v) is 22.2. The molecule has 0 bridgehead atoms. The second-order valence-corrected chi connectivity index (χ2v) is 23.9. The van der Waals surface area contributed by atoms with Crippen LogP contribution in [0.15, 0.2) is 66.7 Å². The maximum atomic E-state index is 6.01. The molecule has 7 heteroatoms. The quantitative estimate of drug-likeness (QED) is 0.103. The molecule has 0 heterocycles. The molecule has 5 aliphatic carbocycles. The van der Waals surface area contributed by atoms with Gasteiger partial charge in [-0.2, -0.15) is 6.07 Å². The molecule has 0 saturated heterocycles. The zero-order valence-corrected chi connectivity index (χ0v) is 41.4. The van der Waals surface area contributed by atoms with Crippen molar-refractivity contribution < 1.29 is 39.4 Å². The molecule has 0 aliphatic heterocycles. The van der Waals surface area contributed by atoms with E-state index in [1.807, 2.05) is 20.3 Å². The van der Waals surface area contributed by atoms with Crippen LogP contribution in [0, 0.1) is 13.3 Å². The van der Waals surface area contributed by atoms with Gasteiger partial charge in [-0.25, -0.2) is 0 Å². The summed E-state index contributed by atoms with van der Waals surface area (Å²) in [5.74, 6) is 3.28. The standard InChI is InChI=1S/C26H40O2P.C26H35O2P.CH3.Pd/c2*1-27-23-17-11-18-24(28-2)26(23)22-16-9-10-19-25(22)29(20-12-5-3-6-13-20)21-14-7-4-8-15-21;;/h9-10,16,19-21,23-24H,3-8,11-15,17-18H2,1-2H3;9-11,16-21H,3-8,12-15H2,1-2H3;1H3;/q-1;;-1;+2/p+1. The summed E-state index contributed by atoms with van der Waals surface area (Å²) in [6.07, 6.45) is 32.6. The molecule has 5 saturated carbocycles. The van der Waals surface area contributed by atoms with E-state index in [-0.39, 0.29) is 48.0 Å². The Morgan fingerprint density at radius 3 is 1.43 bits per heavy atom. The molecule has 2 atom stereocenters. The van der Waals surface area contributed by atoms with Crippen molar-refractivity contribution in [2.24, 2.45) is 0 Å². The first-order valence-corrected chi connectivity index (χ1v) is 26.8.